The second-order valence-corrected chi connectivity index (χ2v) is 9.30. The zero-order valence-electron chi connectivity index (χ0n) is 29.0. The molecule has 21 nitrogen and oxygen atoms in total. The quantitative estimate of drug-likeness (QED) is 0.246. The van der Waals surface area contributed by atoms with E-state index in [0.717, 1.165) is 0 Å². The van der Waals surface area contributed by atoms with Crippen LogP contribution in [0.4, 0.5) is 19.2 Å². The van der Waals surface area contributed by atoms with Gasteiger partial charge in [-0.3, -0.25) is 0 Å². The largest absolute Gasteiger partial charge is 0.508 e. The van der Waals surface area contributed by atoms with Gasteiger partial charge < -0.3 is 80.5 Å². The fourth-order valence-electron chi connectivity index (χ4n) is 3.15. The molecule has 3 fully saturated rings. The first kappa shape index (κ1) is 45.7. The molecule has 298 valence electrons. The standard InChI is InChI=1S/C14H24O10.C9H16O6.C7H12O5/c15-13-21-9-5-17-1-2-18-6-10-22-14(16)24-12-8-20-4-3-19-7-11-23-13;10-9-14-7-5-12-3-1-11-2-4-13-6-8-15-9;8-7-11-5-3-9-1-2-10-4-6-12-7/h1-12H2;1-8H2;1-6H2. The van der Waals surface area contributed by atoms with Crippen LogP contribution in [-0.2, 0) is 80.5 Å². The molecule has 0 N–H and O–H groups in total. The molecule has 0 radical (unpaired) electrons. The van der Waals surface area contributed by atoms with Crippen LogP contribution in [0.25, 0.3) is 0 Å². The lowest BCUT2D eigenvalue weighted by atomic mass is 10.7. The van der Waals surface area contributed by atoms with E-state index in [-0.39, 0.29) is 79.3 Å². The summed E-state index contributed by atoms with van der Waals surface area (Å²) in [6, 6.07) is 0. The lowest BCUT2D eigenvalue weighted by Gasteiger charge is -2.10. The summed E-state index contributed by atoms with van der Waals surface area (Å²) >= 11 is 0. The van der Waals surface area contributed by atoms with Crippen molar-refractivity contribution in [2.75, 3.05) is 172 Å². The van der Waals surface area contributed by atoms with Gasteiger partial charge in [0.15, 0.2) is 0 Å². The molecule has 3 aliphatic heterocycles. The fraction of sp³-hybridized carbons (Fsp3) is 0.867. The average Bonchev–Trinajstić information content (AvgIpc) is 3.18. The van der Waals surface area contributed by atoms with Crippen LogP contribution in [0.1, 0.15) is 0 Å². The van der Waals surface area contributed by atoms with Crippen molar-refractivity contribution < 1.29 is 99.7 Å². The monoisotopic (exact) mass is 748 g/mol. The number of carbonyl (C=O) groups is 4. The maximum absolute atomic E-state index is 11.2. The molecule has 3 heterocycles. The van der Waals surface area contributed by atoms with Crippen molar-refractivity contribution in [3.05, 3.63) is 0 Å². The van der Waals surface area contributed by atoms with E-state index < -0.39 is 24.6 Å². The third-order valence-corrected chi connectivity index (χ3v) is 5.44. The highest BCUT2D eigenvalue weighted by Gasteiger charge is 2.07. The molecule has 0 atom stereocenters. The van der Waals surface area contributed by atoms with Crippen molar-refractivity contribution in [1.82, 2.24) is 0 Å². The lowest BCUT2D eigenvalue weighted by Crippen LogP contribution is -2.18. The lowest BCUT2D eigenvalue weighted by molar-refractivity contribution is -0.0245. The number of hydrogen-bond acceptors (Lipinski definition) is 21. The van der Waals surface area contributed by atoms with E-state index in [0.29, 0.717) is 92.5 Å². The molecule has 0 aromatic carbocycles. The van der Waals surface area contributed by atoms with Crippen LogP contribution in [-0.4, -0.2) is 196 Å². The molecule has 0 bridgehead atoms. The Balaban J connectivity index is 0.000000411. The molecular weight excluding hydrogens is 696 g/mol. The van der Waals surface area contributed by atoms with E-state index in [1.165, 1.54) is 0 Å². The molecule has 0 aliphatic carbocycles. The molecule has 51 heavy (non-hydrogen) atoms. The van der Waals surface area contributed by atoms with Crippen molar-refractivity contribution in [2.24, 2.45) is 0 Å². The summed E-state index contributed by atoms with van der Waals surface area (Å²) in [5.41, 5.74) is 0. The number of carbonyl (C=O) groups excluding carboxylic acids is 4. The van der Waals surface area contributed by atoms with Gasteiger partial charge in [-0.1, -0.05) is 0 Å². The van der Waals surface area contributed by atoms with Crippen LogP contribution in [0.5, 0.6) is 0 Å². The summed E-state index contributed by atoms with van der Waals surface area (Å²) < 4.78 is 84.1. The Morgan fingerprint density at radius 1 is 0.176 bits per heavy atom. The molecule has 0 spiro atoms. The van der Waals surface area contributed by atoms with E-state index in [1.54, 1.807) is 0 Å². The maximum atomic E-state index is 11.2. The average molecular weight is 749 g/mol. The number of ether oxygens (including phenoxy) is 17. The van der Waals surface area contributed by atoms with E-state index in [4.69, 9.17) is 71.1 Å². The van der Waals surface area contributed by atoms with Crippen molar-refractivity contribution in [3.8, 4) is 0 Å². The van der Waals surface area contributed by atoms with Gasteiger partial charge in [-0.05, 0) is 0 Å². The molecule has 0 saturated carbocycles. The Morgan fingerprint density at radius 2 is 0.275 bits per heavy atom. The van der Waals surface area contributed by atoms with Crippen LogP contribution in [0.3, 0.4) is 0 Å². The summed E-state index contributed by atoms with van der Waals surface area (Å²) in [7, 11) is 0. The molecule has 0 amide bonds. The molecule has 3 saturated heterocycles. The van der Waals surface area contributed by atoms with Gasteiger partial charge in [0, 0.05) is 0 Å². The van der Waals surface area contributed by atoms with E-state index in [9.17, 15) is 19.2 Å². The summed E-state index contributed by atoms with van der Waals surface area (Å²) in [6.07, 6.45) is -2.88. The Bertz CT molecular complexity index is 757. The fourth-order valence-corrected chi connectivity index (χ4v) is 3.15. The van der Waals surface area contributed by atoms with Crippen molar-refractivity contribution >= 4 is 24.6 Å². The van der Waals surface area contributed by atoms with Crippen LogP contribution in [0.2, 0.25) is 0 Å². The minimum atomic E-state index is -0.768. The molecule has 3 rings (SSSR count). The second kappa shape index (κ2) is 36.5. The van der Waals surface area contributed by atoms with Crippen LogP contribution in [0.15, 0.2) is 0 Å². The smallest absolute Gasteiger partial charge is 0.432 e. The normalized spacial score (nSPS) is 22.0. The van der Waals surface area contributed by atoms with Crippen LogP contribution >= 0.6 is 0 Å². The molecule has 0 aromatic heterocycles. The third kappa shape index (κ3) is 34.9. The van der Waals surface area contributed by atoms with Gasteiger partial charge in [-0.15, -0.1) is 0 Å². The first-order valence-corrected chi connectivity index (χ1v) is 16.5. The third-order valence-electron chi connectivity index (χ3n) is 5.44. The van der Waals surface area contributed by atoms with Gasteiger partial charge in [0.05, 0.1) is 119 Å². The van der Waals surface area contributed by atoms with Gasteiger partial charge in [-0.2, -0.15) is 0 Å². The van der Waals surface area contributed by atoms with Crippen LogP contribution in [0, 0.1) is 0 Å². The maximum Gasteiger partial charge on any atom is 0.508 e. The number of hydrogen-bond donors (Lipinski definition) is 0. The molecule has 0 aromatic rings. The summed E-state index contributed by atoms with van der Waals surface area (Å²) in [5.74, 6) is 0. The molecule has 21 heteroatoms. The SMILES string of the molecule is O=C1OCCOCCOCCO1.O=C1OCCOCCOCCOC(=O)OCCOCCOCCO1.O=C1OCCOCCOCCOCCO1. The minimum Gasteiger partial charge on any atom is -0.432 e. The van der Waals surface area contributed by atoms with Crippen molar-refractivity contribution in [1.29, 1.82) is 0 Å². The van der Waals surface area contributed by atoms with Crippen molar-refractivity contribution in [2.45, 2.75) is 0 Å². The number of rotatable bonds is 0. The zero-order valence-corrected chi connectivity index (χ0v) is 29.0. The Morgan fingerprint density at radius 3 is 0.392 bits per heavy atom. The van der Waals surface area contributed by atoms with Crippen molar-refractivity contribution in [3.63, 3.8) is 0 Å². The Labute approximate surface area is 296 Å². The summed E-state index contributed by atoms with van der Waals surface area (Å²) in [5, 5.41) is 0. The minimum absolute atomic E-state index is 0.0858. The number of cyclic esters (lactones) is 8. The predicted molar refractivity (Wildman–Crippen MR) is 167 cm³/mol. The first-order chi connectivity index (χ1) is 25.1. The zero-order chi connectivity index (χ0) is 36.7. The molecular formula is C30H52O21. The summed E-state index contributed by atoms with van der Waals surface area (Å²) in [6.45, 7) is 7.99. The molecule has 3 aliphatic rings. The van der Waals surface area contributed by atoms with Gasteiger partial charge in [0.1, 0.15) is 52.9 Å². The van der Waals surface area contributed by atoms with Gasteiger partial charge in [0.25, 0.3) is 0 Å². The topological polar surface area (TPSA) is 225 Å². The predicted octanol–water partition coefficient (Wildman–Crippen LogP) is 0.762. The second-order valence-electron chi connectivity index (χ2n) is 9.30. The highest BCUT2D eigenvalue weighted by atomic mass is 16.8. The Hall–Kier alpha value is -3.28. The highest BCUT2D eigenvalue weighted by molar-refractivity contribution is 5.60. The first-order valence-electron chi connectivity index (χ1n) is 16.5. The van der Waals surface area contributed by atoms with Crippen LogP contribution < -0.4 is 0 Å². The molecule has 0 unspecified atom stereocenters. The highest BCUT2D eigenvalue weighted by Crippen LogP contribution is 1.93. The summed E-state index contributed by atoms with van der Waals surface area (Å²) in [4.78, 5) is 43.9. The van der Waals surface area contributed by atoms with Gasteiger partial charge >= 0.3 is 24.6 Å². The van der Waals surface area contributed by atoms with Gasteiger partial charge in [0.2, 0.25) is 0 Å². The van der Waals surface area contributed by atoms with E-state index in [1.807, 2.05) is 0 Å². The Kier molecular flexibility index (Phi) is 32.7. The van der Waals surface area contributed by atoms with Gasteiger partial charge in [-0.25, -0.2) is 19.2 Å². The van der Waals surface area contributed by atoms with E-state index in [2.05, 4.69) is 9.47 Å². The van der Waals surface area contributed by atoms with E-state index >= 15 is 0 Å².